The van der Waals surface area contributed by atoms with Gasteiger partial charge >= 0.3 is 0 Å². The molecule has 0 bridgehead atoms. The third kappa shape index (κ3) is 3.37. The largest absolute Gasteiger partial charge is 0.372 e. The van der Waals surface area contributed by atoms with Gasteiger partial charge in [-0.3, -0.25) is 0 Å². The number of nitrogens with zero attached hydrogens (tertiary/aromatic N) is 3. The van der Waals surface area contributed by atoms with E-state index in [9.17, 15) is 5.26 Å². The van der Waals surface area contributed by atoms with Gasteiger partial charge in [-0.15, -0.1) is 11.3 Å². The summed E-state index contributed by atoms with van der Waals surface area (Å²) in [7, 11) is 0. The number of rotatable bonds is 5. The van der Waals surface area contributed by atoms with Crippen LogP contribution in [-0.2, 0) is 12.8 Å². The van der Waals surface area contributed by atoms with Gasteiger partial charge in [-0.2, -0.15) is 5.26 Å². The summed E-state index contributed by atoms with van der Waals surface area (Å²) < 4.78 is 0. The van der Waals surface area contributed by atoms with E-state index in [1.807, 2.05) is 6.21 Å². The van der Waals surface area contributed by atoms with Crippen LogP contribution in [0.25, 0.3) is 0 Å². The fourth-order valence-electron chi connectivity index (χ4n) is 3.25. The number of benzene rings is 1. The summed E-state index contributed by atoms with van der Waals surface area (Å²) in [5.74, 6) is 0. The van der Waals surface area contributed by atoms with E-state index < -0.39 is 0 Å². The van der Waals surface area contributed by atoms with E-state index in [1.165, 1.54) is 29.0 Å². The molecule has 0 N–H and O–H groups in total. The molecule has 124 valence electrons. The molecule has 3 nitrogen and oxygen atoms in total. The number of hydrogen-bond donors (Lipinski definition) is 0. The van der Waals surface area contributed by atoms with Crippen molar-refractivity contribution in [1.82, 2.24) is 0 Å². The maximum absolute atomic E-state index is 9.49. The zero-order valence-corrected chi connectivity index (χ0v) is 15.2. The first-order valence-electron chi connectivity index (χ1n) is 8.70. The third-order valence-electron chi connectivity index (χ3n) is 4.62. The molecule has 0 saturated carbocycles. The van der Waals surface area contributed by atoms with Crippen molar-refractivity contribution in [1.29, 1.82) is 5.26 Å². The molecule has 1 aliphatic rings. The normalized spacial score (nSPS) is 13.7. The monoisotopic (exact) mass is 337 g/mol. The van der Waals surface area contributed by atoms with Gasteiger partial charge in [0.1, 0.15) is 11.1 Å². The van der Waals surface area contributed by atoms with E-state index >= 15 is 0 Å². The van der Waals surface area contributed by atoms with Gasteiger partial charge in [0.25, 0.3) is 0 Å². The van der Waals surface area contributed by atoms with Crippen LogP contribution in [0.5, 0.6) is 0 Å². The Morgan fingerprint density at radius 3 is 2.54 bits per heavy atom. The summed E-state index contributed by atoms with van der Waals surface area (Å²) in [4.78, 5) is 8.31. The number of aliphatic imine (C=N–C) groups is 1. The van der Waals surface area contributed by atoms with Crippen molar-refractivity contribution in [3.63, 3.8) is 0 Å². The smallest absolute Gasteiger partial charge is 0.134 e. The van der Waals surface area contributed by atoms with Crippen LogP contribution in [0.3, 0.4) is 0 Å². The maximum atomic E-state index is 9.49. The quantitative estimate of drug-likeness (QED) is 0.712. The second kappa shape index (κ2) is 7.63. The van der Waals surface area contributed by atoms with Crippen LogP contribution in [0, 0.1) is 11.3 Å². The van der Waals surface area contributed by atoms with E-state index in [0.717, 1.165) is 42.1 Å². The summed E-state index contributed by atoms with van der Waals surface area (Å²) in [6.07, 6.45) is 6.43. The summed E-state index contributed by atoms with van der Waals surface area (Å²) in [5.41, 5.74) is 4.35. The first kappa shape index (κ1) is 16.7. The molecule has 1 aromatic carbocycles. The van der Waals surface area contributed by atoms with Crippen LogP contribution >= 0.6 is 11.3 Å². The van der Waals surface area contributed by atoms with Gasteiger partial charge in [0, 0.05) is 29.9 Å². The van der Waals surface area contributed by atoms with Crippen molar-refractivity contribution in [3.8, 4) is 6.07 Å². The molecule has 0 amide bonds. The first-order valence-corrected chi connectivity index (χ1v) is 9.52. The minimum Gasteiger partial charge on any atom is -0.372 e. The zero-order valence-electron chi connectivity index (χ0n) is 14.4. The number of thiophene rings is 1. The van der Waals surface area contributed by atoms with Gasteiger partial charge in [-0.25, -0.2) is 4.99 Å². The summed E-state index contributed by atoms with van der Waals surface area (Å²) in [5, 5.41) is 10.4. The van der Waals surface area contributed by atoms with Gasteiger partial charge < -0.3 is 4.90 Å². The highest BCUT2D eigenvalue weighted by atomic mass is 32.1. The molecule has 0 spiro atoms. The predicted octanol–water partition coefficient (Wildman–Crippen LogP) is 5.10. The minimum absolute atomic E-state index is 0.797. The van der Waals surface area contributed by atoms with Gasteiger partial charge in [-0.1, -0.05) is 12.1 Å². The fourth-order valence-corrected chi connectivity index (χ4v) is 4.43. The van der Waals surface area contributed by atoms with Crippen LogP contribution < -0.4 is 4.90 Å². The summed E-state index contributed by atoms with van der Waals surface area (Å²) >= 11 is 1.69. The Morgan fingerprint density at radius 2 is 1.88 bits per heavy atom. The molecular formula is C20H23N3S. The van der Waals surface area contributed by atoms with Gasteiger partial charge in [0.05, 0.1) is 5.56 Å². The molecular weight excluding hydrogens is 314 g/mol. The van der Waals surface area contributed by atoms with Crippen LogP contribution in [0.4, 0.5) is 10.7 Å². The van der Waals surface area contributed by atoms with E-state index in [2.05, 4.69) is 54.1 Å². The van der Waals surface area contributed by atoms with Gasteiger partial charge in [-0.05, 0) is 62.8 Å². The molecule has 1 heterocycles. The van der Waals surface area contributed by atoms with E-state index in [-0.39, 0.29) is 0 Å². The average Bonchev–Trinajstić information content (AvgIpc) is 2.99. The number of aryl methyl sites for hydroxylation is 1. The Balaban J connectivity index is 1.81. The highest BCUT2D eigenvalue weighted by Crippen LogP contribution is 2.39. The molecule has 3 rings (SSSR count). The molecule has 0 radical (unpaired) electrons. The van der Waals surface area contributed by atoms with E-state index in [4.69, 9.17) is 0 Å². The van der Waals surface area contributed by atoms with Crippen molar-refractivity contribution < 1.29 is 0 Å². The Bertz CT molecular complexity index is 761. The van der Waals surface area contributed by atoms with Crippen molar-refractivity contribution in [3.05, 3.63) is 45.8 Å². The number of hydrogen-bond acceptors (Lipinski definition) is 4. The molecule has 1 aliphatic carbocycles. The van der Waals surface area contributed by atoms with Crippen LogP contribution in [0.1, 0.15) is 48.3 Å². The second-order valence-electron chi connectivity index (χ2n) is 6.02. The molecule has 24 heavy (non-hydrogen) atoms. The molecule has 0 aliphatic heterocycles. The lowest BCUT2D eigenvalue weighted by molar-refractivity contribution is 0.696. The molecule has 2 aromatic rings. The lowest BCUT2D eigenvalue weighted by Crippen LogP contribution is -2.21. The topological polar surface area (TPSA) is 39.4 Å². The Morgan fingerprint density at radius 1 is 1.17 bits per heavy atom. The predicted molar refractivity (Wildman–Crippen MR) is 103 cm³/mol. The first-order chi connectivity index (χ1) is 11.8. The van der Waals surface area contributed by atoms with Crippen LogP contribution in [0.2, 0.25) is 0 Å². The number of fused-ring (bicyclic) bond motifs is 1. The standard InChI is InChI=1S/C20H23N3S/c1-3-23(4-2)16-11-9-15(10-12-16)14-22-20-18(13-21)17-7-5-6-8-19(17)24-20/h9-12,14H,3-8H2,1-2H3/b22-14+. The summed E-state index contributed by atoms with van der Waals surface area (Å²) in [6, 6.07) is 10.8. The number of nitriles is 1. The average molecular weight is 337 g/mol. The fraction of sp³-hybridized carbons (Fsp3) is 0.400. The van der Waals surface area contributed by atoms with Gasteiger partial charge in [0.2, 0.25) is 0 Å². The van der Waals surface area contributed by atoms with Crippen molar-refractivity contribution in [2.24, 2.45) is 4.99 Å². The van der Waals surface area contributed by atoms with Crippen molar-refractivity contribution in [2.45, 2.75) is 39.5 Å². The van der Waals surface area contributed by atoms with Crippen molar-refractivity contribution >= 4 is 28.2 Å². The Labute approximate surface area is 148 Å². The van der Waals surface area contributed by atoms with Crippen LogP contribution in [0.15, 0.2) is 29.3 Å². The Kier molecular flexibility index (Phi) is 5.32. The maximum Gasteiger partial charge on any atom is 0.134 e. The molecule has 0 unspecified atom stereocenters. The Hall–Kier alpha value is -2.12. The summed E-state index contributed by atoms with van der Waals surface area (Å²) in [6.45, 7) is 6.36. The SMILES string of the molecule is CCN(CC)c1ccc(/C=N/c2sc3c(c2C#N)CCCC3)cc1. The molecule has 0 atom stereocenters. The van der Waals surface area contributed by atoms with Crippen LogP contribution in [-0.4, -0.2) is 19.3 Å². The minimum atomic E-state index is 0.797. The molecule has 4 heteroatoms. The molecule has 1 aromatic heterocycles. The molecule has 0 saturated heterocycles. The lowest BCUT2D eigenvalue weighted by atomic mass is 9.96. The van der Waals surface area contributed by atoms with Gasteiger partial charge in [0.15, 0.2) is 0 Å². The van der Waals surface area contributed by atoms with E-state index in [1.54, 1.807) is 11.3 Å². The van der Waals surface area contributed by atoms with E-state index in [0.29, 0.717) is 0 Å². The third-order valence-corrected chi connectivity index (χ3v) is 5.82. The number of anilines is 1. The zero-order chi connectivity index (χ0) is 16.9. The highest BCUT2D eigenvalue weighted by Gasteiger charge is 2.20. The lowest BCUT2D eigenvalue weighted by Gasteiger charge is -2.20. The highest BCUT2D eigenvalue weighted by molar-refractivity contribution is 7.16. The molecule has 0 fully saturated rings. The second-order valence-corrected chi connectivity index (χ2v) is 7.11. The van der Waals surface area contributed by atoms with Crippen molar-refractivity contribution in [2.75, 3.05) is 18.0 Å².